The number of nitrogens with two attached hydrogens (primary N) is 1. The van der Waals surface area contributed by atoms with Crippen molar-refractivity contribution in [1.29, 1.82) is 0 Å². The van der Waals surface area contributed by atoms with E-state index in [9.17, 15) is 0 Å². The highest BCUT2D eigenvalue weighted by Gasteiger charge is 2.31. The first kappa shape index (κ1) is 17.3. The van der Waals surface area contributed by atoms with Gasteiger partial charge in [-0.1, -0.05) is 27.7 Å². The molecule has 2 heteroatoms. The van der Waals surface area contributed by atoms with Crippen LogP contribution >= 0.6 is 0 Å². The van der Waals surface area contributed by atoms with Crippen LogP contribution in [-0.2, 0) is 0 Å². The zero-order valence-corrected chi connectivity index (χ0v) is 14.9. The van der Waals surface area contributed by atoms with Crippen LogP contribution in [0, 0.1) is 29.6 Å². The van der Waals surface area contributed by atoms with E-state index in [-0.39, 0.29) is 0 Å². The largest absolute Gasteiger partial charge is 0.327 e. The highest BCUT2D eigenvalue weighted by molar-refractivity contribution is 4.86. The van der Waals surface area contributed by atoms with E-state index in [0.29, 0.717) is 6.04 Å². The molecule has 0 radical (unpaired) electrons. The lowest BCUT2D eigenvalue weighted by molar-refractivity contribution is 0.137. The Kier molecular flexibility index (Phi) is 6.55. The molecule has 21 heavy (non-hydrogen) atoms. The summed E-state index contributed by atoms with van der Waals surface area (Å²) in [7, 11) is 0. The molecular formula is C19H38N2. The van der Waals surface area contributed by atoms with Gasteiger partial charge in [0.2, 0.25) is 0 Å². The second-order valence-electron chi connectivity index (χ2n) is 8.48. The molecule has 2 aliphatic rings. The number of likely N-dealkylation sites (tertiary alicyclic amines) is 1. The molecule has 1 saturated carbocycles. The molecule has 2 nitrogen and oxygen atoms in total. The maximum Gasteiger partial charge on any atom is 0.00795 e. The Bertz CT molecular complexity index is 300. The Hall–Kier alpha value is -0.0800. The molecule has 0 spiro atoms. The van der Waals surface area contributed by atoms with Gasteiger partial charge in [-0.15, -0.1) is 0 Å². The van der Waals surface area contributed by atoms with E-state index in [1.807, 2.05) is 0 Å². The molecule has 1 heterocycles. The summed E-state index contributed by atoms with van der Waals surface area (Å²) in [6, 6.07) is 0.448. The van der Waals surface area contributed by atoms with Gasteiger partial charge in [0.15, 0.2) is 0 Å². The minimum atomic E-state index is 0.448. The van der Waals surface area contributed by atoms with Gasteiger partial charge in [0.05, 0.1) is 0 Å². The summed E-state index contributed by atoms with van der Waals surface area (Å²) in [5.74, 6) is 4.27. The maximum absolute atomic E-state index is 6.45. The summed E-state index contributed by atoms with van der Waals surface area (Å²) in [5.41, 5.74) is 6.45. The summed E-state index contributed by atoms with van der Waals surface area (Å²) in [4.78, 5) is 2.73. The van der Waals surface area contributed by atoms with Gasteiger partial charge >= 0.3 is 0 Å². The molecule has 0 aromatic heterocycles. The van der Waals surface area contributed by atoms with Gasteiger partial charge in [0, 0.05) is 12.6 Å². The van der Waals surface area contributed by atoms with Crippen LogP contribution < -0.4 is 5.73 Å². The van der Waals surface area contributed by atoms with Crippen LogP contribution in [-0.4, -0.2) is 30.6 Å². The van der Waals surface area contributed by atoms with Crippen molar-refractivity contribution in [2.75, 3.05) is 19.6 Å². The second-order valence-corrected chi connectivity index (χ2v) is 8.48. The summed E-state index contributed by atoms with van der Waals surface area (Å²) in [5, 5.41) is 0. The van der Waals surface area contributed by atoms with Crippen molar-refractivity contribution >= 4 is 0 Å². The minimum absolute atomic E-state index is 0.448. The van der Waals surface area contributed by atoms with Crippen molar-refractivity contribution in [1.82, 2.24) is 4.90 Å². The Balaban J connectivity index is 1.85. The first-order valence-electron chi connectivity index (χ1n) is 9.45. The van der Waals surface area contributed by atoms with Crippen molar-refractivity contribution in [2.24, 2.45) is 35.3 Å². The number of hydrogen-bond donors (Lipinski definition) is 1. The van der Waals surface area contributed by atoms with E-state index in [2.05, 4.69) is 32.6 Å². The van der Waals surface area contributed by atoms with Crippen molar-refractivity contribution in [3.8, 4) is 0 Å². The molecule has 1 aliphatic heterocycles. The van der Waals surface area contributed by atoms with E-state index in [0.717, 1.165) is 29.6 Å². The molecule has 0 amide bonds. The third-order valence-electron chi connectivity index (χ3n) is 6.33. The van der Waals surface area contributed by atoms with E-state index in [1.54, 1.807) is 0 Å². The molecule has 2 rings (SSSR count). The average molecular weight is 295 g/mol. The van der Waals surface area contributed by atoms with Gasteiger partial charge in [-0.25, -0.2) is 0 Å². The van der Waals surface area contributed by atoms with Gasteiger partial charge in [-0.05, 0) is 81.2 Å². The average Bonchev–Trinajstić information content (AvgIpc) is 2.66. The normalized spacial score (nSPS) is 36.1. The standard InChI is InChI=1S/C19H38N2/c1-14(2)16-6-5-10-21(11-9-16)13-18-12-17(15(3)4)7-8-19(18)20/h14-19H,5-13,20H2,1-4H3. The fourth-order valence-electron chi connectivity index (χ4n) is 4.50. The highest BCUT2D eigenvalue weighted by Crippen LogP contribution is 2.34. The van der Waals surface area contributed by atoms with Crippen molar-refractivity contribution in [3.05, 3.63) is 0 Å². The molecule has 4 atom stereocenters. The summed E-state index contributed by atoms with van der Waals surface area (Å²) in [6.45, 7) is 13.4. The van der Waals surface area contributed by atoms with Crippen LogP contribution in [0.2, 0.25) is 0 Å². The molecular weight excluding hydrogens is 256 g/mol. The summed E-state index contributed by atoms with van der Waals surface area (Å²) >= 11 is 0. The Labute approximate surface area is 132 Å². The Morgan fingerprint density at radius 2 is 1.62 bits per heavy atom. The minimum Gasteiger partial charge on any atom is -0.327 e. The zero-order valence-electron chi connectivity index (χ0n) is 14.9. The van der Waals surface area contributed by atoms with E-state index in [4.69, 9.17) is 5.73 Å². The molecule has 1 aliphatic carbocycles. The molecule has 124 valence electrons. The van der Waals surface area contributed by atoms with Crippen molar-refractivity contribution in [3.63, 3.8) is 0 Å². The predicted molar refractivity (Wildman–Crippen MR) is 92.3 cm³/mol. The SMILES string of the molecule is CC(C)C1CCCN(CC2CC(C(C)C)CCC2N)CC1. The number of rotatable bonds is 4. The Morgan fingerprint density at radius 1 is 0.905 bits per heavy atom. The lowest BCUT2D eigenvalue weighted by Gasteiger charge is -2.38. The fourth-order valence-corrected chi connectivity index (χ4v) is 4.50. The van der Waals surface area contributed by atoms with E-state index >= 15 is 0 Å². The first-order chi connectivity index (χ1) is 9.97. The van der Waals surface area contributed by atoms with Crippen LogP contribution in [0.5, 0.6) is 0 Å². The second kappa shape index (κ2) is 7.97. The quantitative estimate of drug-likeness (QED) is 0.844. The molecule has 0 aromatic carbocycles. The van der Waals surface area contributed by atoms with Crippen LogP contribution in [0.25, 0.3) is 0 Å². The molecule has 2 fully saturated rings. The van der Waals surface area contributed by atoms with Crippen LogP contribution in [0.4, 0.5) is 0 Å². The fraction of sp³-hybridized carbons (Fsp3) is 1.00. The third kappa shape index (κ3) is 4.96. The van der Waals surface area contributed by atoms with Gasteiger partial charge < -0.3 is 10.6 Å². The van der Waals surface area contributed by atoms with Crippen LogP contribution in [0.15, 0.2) is 0 Å². The van der Waals surface area contributed by atoms with Gasteiger partial charge in [0.25, 0.3) is 0 Å². The molecule has 2 N–H and O–H groups in total. The monoisotopic (exact) mass is 294 g/mol. The lowest BCUT2D eigenvalue weighted by Crippen LogP contribution is -2.44. The van der Waals surface area contributed by atoms with Gasteiger partial charge in [-0.2, -0.15) is 0 Å². The molecule has 0 bridgehead atoms. The van der Waals surface area contributed by atoms with E-state index < -0.39 is 0 Å². The van der Waals surface area contributed by atoms with Crippen molar-refractivity contribution < 1.29 is 0 Å². The van der Waals surface area contributed by atoms with Crippen LogP contribution in [0.1, 0.15) is 66.2 Å². The van der Waals surface area contributed by atoms with Gasteiger partial charge in [-0.3, -0.25) is 0 Å². The predicted octanol–water partition coefficient (Wildman–Crippen LogP) is 4.14. The summed E-state index contributed by atoms with van der Waals surface area (Å²) in [6.07, 6.45) is 8.18. The van der Waals surface area contributed by atoms with Crippen LogP contribution in [0.3, 0.4) is 0 Å². The van der Waals surface area contributed by atoms with Gasteiger partial charge in [0.1, 0.15) is 0 Å². The van der Waals surface area contributed by atoms with Crippen molar-refractivity contribution in [2.45, 2.75) is 72.3 Å². The zero-order chi connectivity index (χ0) is 15.4. The first-order valence-corrected chi connectivity index (χ1v) is 9.45. The molecule has 1 saturated heterocycles. The van der Waals surface area contributed by atoms with E-state index in [1.165, 1.54) is 58.2 Å². The smallest absolute Gasteiger partial charge is 0.00795 e. The number of nitrogens with zero attached hydrogens (tertiary/aromatic N) is 1. The topological polar surface area (TPSA) is 29.3 Å². The molecule has 4 unspecified atom stereocenters. The highest BCUT2D eigenvalue weighted by atomic mass is 15.1. The third-order valence-corrected chi connectivity index (χ3v) is 6.33. The Morgan fingerprint density at radius 3 is 2.29 bits per heavy atom. The molecule has 0 aromatic rings. The lowest BCUT2D eigenvalue weighted by atomic mass is 9.73. The summed E-state index contributed by atoms with van der Waals surface area (Å²) < 4.78 is 0. The maximum atomic E-state index is 6.45. The number of hydrogen-bond acceptors (Lipinski definition) is 2.